The Morgan fingerprint density at radius 1 is 1.44 bits per heavy atom. The number of halogens is 1. The third kappa shape index (κ3) is 5.07. The molecule has 1 aromatic rings. The standard InChI is InChI=1S/C14H21ClN2O/c1-10(9-16)6-7-14(18)17-11(2)12-4-3-5-13(15)8-12/h3-5,8,10-11H,6-7,9,16H2,1-2H3,(H,17,18). The lowest BCUT2D eigenvalue weighted by Gasteiger charge is -2.15. The van der Waals surface area contributed by atoms with Crippen molar-refractivity contribution >= 4 is 17.5 Å². The van der Waals surface area contributed by atoms with E-state index in [0.29, 0.717) is 23.9 Å². The van der Waals surface area contributed by atoms with Crippen molar-refractivity contribution in [3.05, 3.63) is 34.9 Å². The Kier molecular flexibility index (Phi) is 6.16. The van der Waals surface area contributed by atoms with Gasteiger partial charge >= 0.3 is 0 Å². The van der Waals surface area contributed by atoms with Crippen molar-refractivity contribution < 1.29 is 4.79 Å². The van der Waals surface area contributed by atoms with Crippen LogP contribution in [0.25, 0.3) is 0 Å². The van der Waals surface area contributed by atoms with Gasteiger partial charge in [0.15, 0.2) is 0 Å². The van der Waals surface area contributed by atoms with Crippen LogP contribution in [0.5, 0.6) is 0 Å². The first-order chi connectivity index (χ1) is 8.52. The monoisotopic (exact) mass is 268 g/mol. The predicted molar refractivity (Wildman–Crippen MR) is 75.5 cm³/mol. The highest BCUT2D eigenvalue weighted by Gasteiger charge is 2.10. The number of nitrogens with one attached hydrogen (secondary N) is 1. The Bertz CT molecular complexity index is 395. The lowest BCUT2D eigenvalue weighted by atomic mass is 10.0. The Hall–Kier alpha value is -1.06. The van der Waals surface area contributed by atoms with Gasteiger partial charge < -0.3 is 11.1 Å². The van der Waals surface area contributed by atoms with Gasteiger partial charge in [0.2, 0.25) is 5.91 Å². The van der Waals surface area contributed by atoms with E-state index < -0.39 is 0 Å². The molecular weight excluding hydrogens is 248 g/mol. The minimum atomic E-state index is -0.0237. The maximum absolute atomic E-state index is 11.7. The average molecular weight is 269 g/mol. The van der Waals surface area contributed by atoms with Crippen LogP contribution >= 0.6 is 11.6 Å². The fourth-order valence-corrected chi connectivity index (χ4v) is 1.87. The number of hydrogen-bond acceptors (Lipinski definition) is 2. The number of carbonyl (C=O) groups is 1. The zero-order chi connectivity index (χ0) is 13.5. The predicted octanol–water partition coefficient (Wildman–Crippen LogP) is 2.89. The van der Waals surface area contributed by atoms with E-state index >= 15 is 0 Å². The van der Waals surface area contributed by atoms with E-state index in [1.807, 2.05) is 38.1 Å². The highest BCUT2D eigenvalue weighted by molar-refractivity contribution is 6.30. The van der Waals surface area contributed by atoms with Crippen molar-refractivity contribution in [2.75, 3.05) is 6.54 Å². The molecule has 1 aromatic carbocycles. The maximum Gasteiger partial charge on any atom is 0.220 e. The van der Waals surface area contributed by atoms with Crippen LogP contribution in [0.3, 0.4) is 0 Å². The molecule has 0 aliphatic rings. The average Bonchev–Trinajstić information content (AvgIpc) is 2.35. The van der Waals surface area contributed by atoms with Gasteiger partial charge in [-0.15, -0.1) is 0 Å². The summed E-state index contributed by atoms with van der Waals surface area (Å²) < 4.78 is 0. The van der Waals surface area contributed by atoms with Crippen LogP contribution in [0, 0.1) is 5.92 Å². The molecule has 0 heterocycles. The molecule has 2 atom stereocenters. The summed E-state index contributed by atoms with van der Waals surface area (Å²) in [6.45, 7) is 4.63. The molecule has 18 heavy (non-hydrogen) atoms. The third-order valence-corrected chi connectivity index (χ3v) is 3.23. The number of amides is 1. The quantitative estimate of drug-likeness (QED) is 0.834. The minimum absolute atomic E-state index is 0.0237. The molecular formula is C14H21ClN2O. The number of rotatable bonds is 6. The number of benzene rings is 1. The summed E-state index contributed by atoms with van der Waals surface area (Å²) >= 11 is 5.92. The van der Waals surface area contributed by atoms with Crippen LogP contribution < -0.4 is 11.1 Å². The van der Waals surface area contributed by atoms with Crippen LogP contribution in [0.1, 0.15) is 38.3 Å². The molecule has 4 heteroatoms. The van der Waals surface area contributed by atoms with Crippen LogP contribution in [0.4, 0.5) is 0 Å². The largest absolute Gasteiger partial charge is 0.350 e. The Labute approximate surface area is 114 Å². The molecule has 0 saturated carbocycles. The first-order valence-electron chi connectivity index (χ1n) is 6.27. The SMILES string of the molecule is CC(CN)CCC(=O)NC(C)c1cccc(Cl)c1. The van der Waals surface area contributed by atoms with Gasteiger partial charge in [-0.3, -0.25) is 4.79 Å². The third-order valence-electron chi connectivity index (χ3n) is 2.99. The molecule has 1 amide bonds. The van der Waals surface area contributed by atoms with Crippen molar-refractivity contribution in [1.29, 1.82) is 0 Å². The second-order valence-corrected chi connectivity index (χ2v) is 5.16. The van der Waals surface area contributed by atoms with Crippen LogP contribution in [0.15, 0.2) is 24.3 Å². The van der Waals surface area contributed by atoms with Crippen LogP contribution in [0.2, 0.25) is 5.02 Å². The molecule has 0 aromatic heterocycles. The van der Waals surface area contributed by atoms with Gasteiger partial charge in [-0.05, 0) is 43.5 Å². The van der Waals surface area contributed by atoms with E-state index in [1.165, 1.54) is 0 Å². The first kappa shape index (κ1) is 15.0. The summed E-state index contributed by atoms with van der Waals surface area (Å²) in [4.78, 5) is 11.7. The molecule has 0 fully saturated rings. The number of nitrogens with two attached hydrogens (primary N) is 1. The van der Waals surface area contributed by atoms with Crippen molar-refractivity contribution in [3.63, 3.8) is 0 Å². The number of carbonyl (C=O) groups excluding carboxylic acids is 1. The molecule has 3 nitrogen and oxygen atoms in total. The molecule has 0 saturated heterocycles. The maximum atomic E-state index is 11.7. The van der Waals surface area contributed by atoms with E-state index in [2.05, 4.69) is 5.32 Å². The minimum Gasteiger partial charge on any atom is -0.350 e. The Balaban J connectivity index is 2.44. The van der Waals surface area contributed by atoms with Crippen molar-refractivity contribution in [2.24, 2.45) is 11.7 Å². The molecule has 3 N–H and O–H groups in total. The number of hydrogen-bond donors (Lipinski definition) is 2. The lowest BCUT2D eigenvalue weighted by molar-refractivity contribution is -0.122. The molecule has 1 rings (SSSR count). The van der Waals surface area contributed by atoms with Gasteiger partial charge in [0, 0.05) is 11.4 Å². The van der Waals surface area contributed by atoms with Gasteiger partial charge in [0.25, 0.3) is 0 Å². The fraction of sp³-hybridized carbons (Fsp3) is 0.500. The van der Waals surface area contributed by atoms with E-state index in [4.69, 9.17) is 17.3 Å². The molecule has 0 radical (unpaired) electrons. The van der Waals surface area contributed by atoms with Crippen LogP contribution in [-0.4, -0.2) is 12.5 Å². The molecule has 0 bridgehead atoms. The summed E-state index contributed by atoms with van der Waals surface area (Å²) in [6, 6.07) is 7.51. The van der Waals surface area contributed by atoms with Gasteiger partial charge in [-0.1, -0.05) is 30.7 Å². The summed E-state index contributed by atoms with van der Waals surface area (Å²) in [6.07, 6.45) is 1.34. The van der Waals surface area contributed by atoms with Gasteiger partial charge in [-0.25, -0.2) is 0 Å². The highest BCUT2D eigenvalue weighted by atomic mass is 35.5. The van der Waals surface area contributed by atoms with Crippen molar-refractivity contribution in [3.8, 4) is 0 Å². The van der Waals surface area contributed by atoms with E-state index in [9.17, 15) is 4.79 Å². The van der Waals surface area contributed by atoms with Crippen LogP contribution in [-0.2, 0) is 4.79 Å². The zero-order valence-corrected chi connectivity index (χ0v) is 11.7. The second kappa shape index (κ2) is 7.39. The Morgan fingerprint density at radius 3 is 2.78 bits per heavy atom. The lowest BCUT2D eigenvalue weighted by Crippen LogP contribution is -2.27. The normalized spacial score (nSPS) is 14.0. The van der Waals surface area contributed by atoms with Gasteiger partial charge in [0.05, 0.1) is 6.04 Å². The first-order valence-corrected chi connectivity index (χ1v) is 6.65. The molecule has 0 spiro atoms. The van der Waals surface area contributed by atoms with E-state index in [0.717, 1.165) is 12.0 Å². The Morgan fingerprint density at radius 2 is 2.17 bits per heavy atom. The van der Waals surface area contributed by atoms with Gasteiger partial charge in [-0.2, -0.15) is 0 Å². The van der Waals surface area contributed by atoms with Crippen molar-refractivity contribution in [2.45, 2.75) is 32.7 Å². The highest BCUT2D eigenvalue weighted by Crippen LogP contribution is 2.17. The molecule has 100 valence electrons. The molecule has 2 unspecified atom stereocenters. The second-order valence-electron chi connectivity index (χ2n) is 4.72. The zero-order valence-electron chi connectivity index (χ0n) is 10.9. The summed E-state index contributed by atoms with van der Waals surface area (Å²) in [5, 5.41) is 3.65. The molecule has 0 aliphatic carbocycles. The van der Waals surface area contributed by atoms with E-state index in [1.54, 1.807) is 0 Å². The molecule has 0 aliphatic heterocycles. The van der Waals surface area contributed by atoms with Crippen molar-refractivity contribution in [1.82, 2.24) is 5.32 Å². The van der Waals surface area contributed by atoms with E-state index in [-0.39, 0.29) is 11.9 Å². The summed E-state index contributed by atoms with van der Waals surface area (Å²) in [5.74, 6) is 0.444. The summed E-state index contributed by atoms with van der Waals surface area (Å²) in [7, 11) is 0. The topological polar surface area (TPSA) is 55.1 Å². The van der Waals surface area contributed by atoms with Gasteiger partial charge in [0.1, 0.15) is 0 Å². The fourth-order valence-electron chi connectivity index (χ4n) is 1.67. The smallest absolute Gasteiger partial charge is 0.220 e. The summed E-state index contributed by atoms with van der Waals surface area (Å²) in [5.41, 5.74) is 6.54.